The molecule has 1 aliphatic heterocycles. The lowest BCUT2D eigenvalue weighted by atomic mass is 10.2. The molecule has 1 atom stereocenters. The molecule has 1 unspecified atom stereocenters. The summed E-state index contributed by atoms with van der Waals surface area (Å²) in [5.41, 5.74) is 0. The highest BCUT2D eigenvalue weighted by molar-refractivity contribution is 14.0. The normalized spacial score (nSPS) is 18.4. The molecule has 0 aromatic rings. The summed E-state index contributed by atoms with van der Waals surface area (Å²) in [4.78, 5) is 6.47. The lowest BCUT2D eigenvalue weighted by molar-refractivity contribution is 0.0168. The zero-order valence-corrected chi connectivity index (χ0v) is 16.1. The van der Waals surface area contributed by atoms with Gasteiger partial charge >= 0.3 is 0 Å². The Labute approximate surface area is 146 Å². The Morgan fingerprint density at radius 3 is 2.86 bits per heavy atom. The maximum atomic E-state index is 5.64. The second-order valence-corrected chi connectivity index (χ2v) is 5.31. The van der Waals surface area contributed by atoms with E-state index in [-0.39, 0.29) is 24.0 Å². The molecular formula is C15H32IN3O2. The number of hydrogen-bond acceptors (Lipinski definition) is 3. The fourth-order valence-electron chi connectivity index (χ4n) is 2.25. The molecule has 6 heteroatoms. The maximum Gasteiger partial charge on any atom is 0.193 e. The Kier molecular flexibility index (Phi) is 13.5. The van der Waals surface area contributed by atoms with Crippen LogP contribution in [0.1, 0.15) is 39.0 Å². The molecule has 0 radical (unpaired) electrons. The molecular weight excluding hydrogens is 381 g/mol. The molecule has 1 N–H and O–H groups in total. The van der Waals surface area contributed by atoms with Gasteiger partial charge in [0.25, 0.3) is 0 Å². The van der Waals surface area contributed by atoms with Crippen LogP contribution >= 0.6 is 24.0 Å². The molecule has 1 rings (SSSR count). The molecule has 0 saturated carbocycles. The van der Waals surface area contributed by atoms with Crippen LogP contribution in [0, 0.1) is 0 Å². The molecule has 21 heavy (non-hydrogen) atoms. The van der Waals surface area contributed by atoms with Gasteiger partial charge in [-0.15, -0.1) is 24.0 Å². The molecule has 1 saturated heterocycles. The van der Waals surface area contributed by atoms with Gasteiger partial charge in [-0.25, -0.2) is 0 Å². The van der Waals surface area contributed by atoms with Crippen molar-refractivity contribution in [2.75, 3.05) is 47.0 Å². The zero-order chi connectivity index (χ0) is 14.6. The average molecular weight is 413 g/mol. The standard InChI is InChI=1S/C15H31N3O2.HI/c1-4-5-10-18(3)15(16-2)17-9-7-11-19-13-14-8-6-12-20-14;/h14H,4-13H2,1-3H3,(H,16,17);1H. The SMILES string of the molecule is CCCCN(C)C(=NC)NCCCOCC1CCCO1.I. The van der Waals surface area contributed by atoms with E-state index in [0.717, 1.165) is 51.7 Å². The monoisotopic (exact) mass is 413 g/mol. The van der Waals surface area contributed by atoms with Gasteiger partial charge in [0.05, 0.1) is 12.7 Å². The predicted octanol–water partition coefficient (Wildman–Crippen LogP) is 2.50. The smallest absolute Gasteiger partial charge is 0.193 e. The first-order valence-electron chi connectivity index (χ1n) is 7.89. The van der Waals surface area contributed by atoms with Crippen LogP contribution < -0.4 is 5.32 Å². The van der Waals surface area contributed by atoms with Crippen LogP contribution in [0.5, 0.6) is 0 Å². The largest absolute Gasteiger partial charge is 0.379 e. The number of unbranched alkanes of at least 4 members (excludes halogenated alkanes) is 1. The fraction of sp³-hybridized carbons (Fsp3) is 0.933. The topological polar surface area (TPSA) is 46.1 Å². The summed E-state index contributed by atoms with van der Waals surface area (Å²) >= 11 is 0. The van der Waals surface area contributed by atoms with Gasteiger partial charge in [-0.05, 0) is 25.7 Å². The summed E-state index contributed by atoms with van der Waals surface area (Å²) in [6, 6.07) is 0. The van der Waals surface area contributed by atoms with Gasteiger partial charge in [0, 0.05) is 40.4 Å². The van der Waals surface area contributed by atoms with Crippen molar-refractivity contribution in [3.8, 4) is 0 Å². The van der Waals surface area contributed by atoms with Crippen molar-refractivity contribution in [1.29, 1.82) is 0 Å². The highest BCUT2D eigenvalue weighted by Crippen LogP contribution is 2.11. The summed E-state index contributed by atoms with van der Waals surface area (Å²) in [5.74, 6) is 0.970. The molecule has 0 aromatic heterocycles. The van der Waals surface area contributed by atoms with E-state index in [1.807, 2.05) is 7.05 Å². The van der Waals surface area contributed by atoms with Crippen LogP contribution in [0.15, 0.2) is 4.99 Å². The van der Waals surface area contributed by atoms with Crippen LogP contribution in [0.2, 0.25) is 0 Å². The van der Waals surface area contributed by atoms with E-state index < -0.39 is 0 Å². The van der Waals surface area contributed by atoms with Crippen LogP contribution in [0.3, 0.4) is 0 Å². The Morgan fingerprint density at radius 2 is 2.24 bits per heavy atom. The number of guanidine groups is 1. The maximum absolute atomic E-state index is 5.64. The summed E-state index contributed by atoms with van der Waals surface area (Å²) in [5, 5.41) is 3.37. The molecule has 0 aromatic carbocycles. The second-order valence-electron chi connectivity index (χ2n) is 5.31. The summed E-state index contributed by atoms with van der Waals surface area (Å²) in [6.07, 6.45) is 6.05. The predicted molar refractivity (Wildman–Crippen MR) is 98.7 cm³/mol. The Bertz CT molecular complexity index is 272. The van der Waals surface area contributed by atoms with Crippen molar-refractivity contribution in [2.24, 2.45) is 4.99 Å². The third-order valence-corrected chi connectivity index (χ3v) is 3.50. The van der Waals surface area contributed by atoms with Gasteiger partial charge in [-0.2, -0.15) is 0 Å². The number of rotatable bonds is 9. The summed E-state index contributed by atoms with van der Waals surface area (Å²) in [6.45, 7) is 6.57. The van der Waals surface area contributed by atoms with E-state index in [4.69, 9.17) is 9.47 Å². The third kappa shape index (κ3) is 9.52. The molecule has 1 aliphatic rings. The molecule has 0 bridgehead atoms. The van der Waals surface area contributed by atoms with Gasteiger partial charge in [-0.3, -0.25) is 4.99 Å². The van der Waals surface area contributed by atoms with Gasteiger partial charge in [0.1, 0.15) is 0 Å². The fourth-order valence-corrected chi connectivity index (χ4v) is 2.25. The minimum absolute atomic E-state index is 0. The van der Waals surface area contributed by atoms with Crippen LogP contribution in [0.25, 0.3) is 0 Å². The Balaban J connectivity index is 0.00000400. The van der Waals surface area contributed by atoms with E-state index >= 15 is 0 Å². The molecule has 0 aliphatic carbocycles. The first kappa shape index (κ1) is 20.9. The van der Waals surface area contributed by atoms with E-state index in [9.17, 15) is 0 Å². The number of aliphatic imine (C=N–C) groups is 1. The van der Waals surface area contributed by atoms with Gasteiger partial charge in [-0.1, -0.05) is 13.3 Å². The number of hydrogen-bond donors (Lipinski definition) is 1. The highest BCUT2D eigenvalue weighted by atomic mass is 127. The molecule has 0 amide bonds. The van der Waals surface area contributed by atoms with Crippen LogP contribution in [-0.4, -0.2) is 64.0 Å². The average Bonchev–Trinajstić information content (AvgIpc) is 2.97. The van der Waals surface area contributed by atoms with Gasteiger partial charge in [0.2, 0.25) is 0 Å². The molecule has 1 heterocycles. The van der Waals surface area contributed by atoms with E-state index in [2.05, 4.69) is 29.2 Å². The number of ether oxygens (including phenoxy) is 2. The van der Waals surface area contributed by atoms with E-state index in [1.54, 1.807) is 0 Å². The van der Waals surface area contributed by atoms with E-state index in [1.165, 1.54) is 19.3 Å². The van der Waals surface area contributed by atoms with Crippen molar-refractivity contribution in [2.45, 2.75) is 45.1 Å². The first-order chi connectivity index (χ1) is 9.77. The quantitative estimate of drug-likeness (QED) is 0.273. The lowest BCUT2D eigenvalue weighted by Gasteiger charge is -2.21. The Morgan fingerprint density at radius 1 is 1.43 bits per heavy atom. The Hall–Kier alpha value is -0.0800. The number of halogens is 1. The molecule has 5 nitrogen and oxygen atoms in total. The van der Waals surface area contributed by atoms with Crippen molar-refractivity contribution in [1.82, 2.24) is 10.2 Å². The van der Waals surface area contributed by atoms with Crippen molar-refractivity contribution < 1.29 is 9.47 Å². The highest BCUT2D eigenvalue weighted by Gasteiger charge is 2.14. The van der Waals surface area contributed by atoms with E-state index in [0.29, 0.717) is 6.10 Å². The molecule has 1 fully saturated rings. The number of nitrogens with one attached hydrogen (secondary N) is 1. The van der Waals surface area contributed by atoms with Crippen molar-refractivity contribution in [3.63, 3.8) is 0 Å². The number of nitrogens with zero attached hydrogens (tertiary/aromatic N) is 2. The van der Waals surface area contributed by atoms with Crippen LogP contribution in [-0.2, 0) is 9.47 Å². The zero-order valence-electron chi connectivity index (χ0n) is 13.8. The van der Waals surface area contributed by atoms with Gasteiger partial charge in [0.15, 0.2) is 5.96 Å². The van der Waals surface area contributed by atoms with Crippen molar-refractivity contribution in [3.05, 3.63) is 0 Å². The summed E-state index contributed by atoms with van der Waals surface area (Å²) < 4.78 is 11.2. The first-order valence-corrected chi connectivity index (χ1v) is 7.89. The summed E-state index contributed by atoms with van der Waals surface area (Å²) in [7, 11) is 3.91. The third-order valence-electron chi connectivity index (χ3n) is 3.50. The molecule has 126 valence electrons. The second kappa shape index (κ2) is 13.6. The lowest BCUT2D eigenvalue weighted by Crippen LogP contribution is -2.40. The molecule has 0 spiro atoms. The van der Waals surface area contributed by atoms with Crippen LogP contribution in [0.4, 0.5) is 0 Å². The minimum Gasteiger partial charge on any atom is -0.379 e. The van der Waals surface area contributed by atoms with Crippen molar-refractivity contribution >= 4 is 29.9 Å². The minimum atomic E-state index is 0. The van der Waals surface area contributed by atoms with Gasteiger partial charge < -0.3 is 19.7 Å².